The Morgan fingerprint density at radius 3 is 2.25 bits per heavy atom. The second-order valence-corrected chi connectivity index (χ2v) is 4.28. The van der Waals surface area contributed by atoms with Crippen molar-refractivity contribution in [2.24, 2.45) is 0 Å². The molecule has 0 aliphatic carbocycles. The first-order chi connectivity index (χ1) is 7.30. The van der Waals surface area contributed by atoms with Gasteiger partial charge in [0.2, 0.25) is 5.78 Å². The minimum absolute atomic E-state index is 0.588. The molecule has 0 fully saturated rings. The second kappa shape index (κ2) is 6.26. The summed E-state index contributed by atoms with van der Waals surface area (Å²) in [6.07, 6.45) is 5.03. The maximum Gasteiger partial charge on any atom is 0.375 e. The lowest BCUT2D eigenvalue weighted by atomic mass is 9.99. The van der Waals surface area contributed by atoms with E-state index in [2.05, 4.69) is 12.7 Å². The molecular weight excluding hydrogens is 204 g/mol. The molecule has 0 aromatic carbocycles. The van der Waals surface area contributed by atoms with E-state index >= 15 is 0 Å². The third-order valence-electron chi connectivity index (χ3n) is 2.24. The highest BCUT2D eigenvalue weighted by Gasteiger charge is 2.26. The Bertz CT molecular complexity index is 311. The number of Topliss-reactive ketones (excluding diaryl/α,β-unsaturated/α-hetero) is 1. The predicted octanol–water partition coefficient (Wildman–Crippen LogP) is 2.81. The molecule has 0 bridgehead atoms. The number of esters is 1. The third-order valence-corrected chi connectivity index (χ3v) is 2.24. The Morgan fingerprint density at radius 2 is 1.88 bits per heavy atom. The minimum atomic E-state index is -0.806. The minimum Gasteiger partial charge on any atom is -0.449 e. The molecule has 0 saturated heterocycles. The predicted molar refractivity (Wildman–Crippen MR) is 64.0 cm³/mol. The van der Waals surface area contributed by atoms with Gasteiger partial charge in [0.25, 0.3) is 0 Å². The monoisotopic (exact) mass is 224 g/mol. The highest BCUT2D eigenvalue weighted by molar-refractivity contribution is 6.32. The standard InChI is InChI=1S/C13H20O3/c1-6-13(5,9-7-8-10(2)3)16-12(15)11(4)14/h6,8H,1,7,9H2,2-5H3. The maximum atomic E-state index is 11.2. The molecule has 16 heavy (non-hydrogen) atoms. The zero-order valence-electron chi connectivity index (χ0n) is 10.5. The van der Waals surface area contributed by atoms with Crippen LogP contribution in [0, 0.1) is 0 Å². The molecule has 0 rings (SSSR count). The highest BCUT2D eigenvalue weighted by Crippen LogP contribution is 2.20. The number of rotatable bonds is 6. The van der Waals surface area contributed by atoms with Gasteiger partial charge in [0.1, 0.15) is 5.60 Å². The van der Waals surface area contributed by atoms with E-state index in [1.165, 1.54) is 12.5 Å². The average Bonchev–Trinajstić information content (AvgIpc) is 2.16. The van der Waals surface area contributed by atoms with Crippen molar-refractivity contribution in [3.05, 3.63) is 24.3 Å². The fraction of sp³-hybridized carbons (Fsp3) is 0.538. The molecule has 90 valence electrons. The molecule has 0 aliphatic heterocycles. The average molecular weight is 224 g/mol. The normalized spacial score (nSPS) is 13.5. The van der Waals surface area contributed by atoms with E-state index < -0.39 is 17.4 Å². The van der Waals surface area contributed by atoms with E-state index in [0.717, 1.165) is 6.42 Å². The van der Waals surface area contributed by atoms with Crippen LogP contribution in [0.1, 0.15) is 40.5 Å². The molecule has 1 unspecified atom stereocenters. The van der Waals surface area contributed by atoms with Crippen LogP contribution >= 0.6 is 0 Å². The van der Waals surface area contributed by atoms with Gasteiger partial charge in [-0.1, -0.05) is 18.2 Å². The fourth-order valence-electron chi connectivity index (χ4n) is 1.13. The SMILES string of the molecule is C=CC(C)(CCC=C(C)C)OC(=O)C(C)=O. The Balaban J connectivity index is 4.42. The Kier molecular flexibility index (Phi) is 5.72. The Hall–Kier alpha value is -1.38. The first-order valence-electron chi connectivity index (χ1n) is 5.31. The van der Waals surface area contributed by atoms with Crippen molar-refractivity contribution < 1.29 is 14.3 Å². The highest BCUT2D eigenvalue weighted by atomic mass is 16.6. The van der Waals surface area contributed by atoms with Gasteiger partial charge in [-0.05, 0) is 39.7 Å². The molecule has 0 saturated carbocycles. The van der Waals surface area contributed by atoms with Gasteiger partial charge >= 0.3 is 5.97 Å². The Labute approximate surface area is 97.2 Å². The molecule has 3 heteroatoms. The van der Waals surface area contributed by atoms with Crippen molar-refractivity contribution in [2.75, 3.05) is 0 Å². The van der Waals surface area contributed by atoms with Crippen molar-refractivity contribution in [2.45, 2.75) is 46.1 Å². The van der Waals surface area contributed by atoms with Crippen LogP contribution in [0.5, 0.6) is 0 Å². The zero-order valence-corrected chi connectivity index (χ0v) is 10.5. The first kappa shape index (κ1) is 14.6. The van der Waals surface area contributed by atoms with Crippen LogP contribution in [-0.2, 0) is 14.3 Å². The van der Waals surface area contributed by atoms with E-state index in [9.17, 15) is 9.59 Å². The van der Waals surface area contributed by atoms with Crippen molar-refractivity contribution in [3.8, 4) is 0 Å². The maximum absolute atomic E-state index is 11.2. The van der Waals surface area contributed by atoms with Crippen LogP contribution in [0.25, 0.3) is 0 Å². The van der Waals surface area contributed by atoms with Crippen LogP contribution in [0.3, 0.4) is 0 Å². The summed E-state index contributed by atoms with van der Waals surface area (Å²) in [5.74, 6) is -1.39. The number of carbonyl (C=O) groups excluding carboxylic acids is 2. The summed E-state index contributed by atoms with van der Waals surface area (Å²) in [5, 5.41) is 0. The molecule has 0 spiro atoms. The van der Waals surface area contributed by atoms with Crippen LogP contribution in [-0.4, -0.2) is 17.4 Å². The van der Waals surface area contributed by atoms with Crippen LogP contribution < -0.4 is 0 Å². The molecule has 0 amide bonds. The zero-order chi connectivity index (χ0) is 12.8. The summed E-state index contributed by atoms with van der Waals surface area (Å²) < 4.78 is 5.09. The molecule has 3 nitrogen and oxygen atoms in total. The van der Waals surface area contributed by atoms with Crippen molar-refractivity contribution in [3.63, 3.8) is 0 Å². The summed E-state index contributed by atoms with van der Waals surface area (Å²) in [5.41, 5.74) is 0.443. The van der Waals surface area contributed by atoms with E-state index in [-0.39, 0.29) is 0 Å². The van der Waals surface area contributed by atoms with Gasteiger partial charge < -0.3 is 4.74 Å². The number of allylic oxidation sites excluding steroid dienone is 2. The second-order valence-electron chi connectivity index (χ2n) is 4.28. The Morgan fingerprint density at radius 1 is 1.31 bits per heavy atom. The summed E-state index contributed by atoms with van der Waals surface area (Å²) in [7, 11) is 0. The summed E-state index contributed by atoms with van der Waals surface area (Å²) in [4.78, 5) is 22.0. The van der Waals surface area contributed by atoms with Gasteiger partial charge in [0, 0.05) is 6.92 Å². The lowest BCUT2D eigenvalue weighted by molar-refractivity contribution is -0.161. The fourth-order valence-corrected chi connectivity index (χ4v) is 1.13. The molecule has 0 heterocycles. The van der Waals surface area contributed by atoms with Crippen LogP contribution in [0.15, 0.2) is 24.3 Å². The van der Waals surface area contributed by atoms with Gasteiger partial charge in [-0.25, -0.2) is 4.79 Å². The largest absolute Gasteiger partial charge is 0.449 e. The van der Waals surface area contributed by atoms with Gasteiger partial charge in [-0.15, -0.1) is 0 Å². The lowest BCUT2D eigenvalue weighted by Gasteiger charge is -2.24. The van der Waals surface area contributed by atoms with Crippen LogP contribution in [0.2, 0.25) is 0 Å². The molecule has 0 radical (unpaired) electrons. The molecular formula is C13H20O3. The van der Waals surface area contributed by atoms with Gasteiger partial charge in [-0.2, -0.15) is 0 Å². The van der Waals surface area contributed by atoms with Gasteiger partial charge in [-0.3, -0.25) is 4.79 Å². The smallest absolute Gasteiger partial charge is 0.375 e. The molecule has 0 aliphatic rings. The number of hydrogen-bond acceptors (Lipinski definition) is 3. The van der Waals surface area contributed by atoms with Crippen molar-refractivity contribution >= 4 is 11.8 Å². The van der Waals surface area contributed by atoms with Gasteiger partial charge in [0.15, 0.2) is 0 Å². The molecule has 1 atom stereocenters. The first-order valence-corrected chi connectivity index (χ1v) is 5.31. The van der Waals surface area contributed by atoms with Crippen molar-refractivity contribution in [1.82, 2.24) is 0 Å². The number of hydrogen-bond donors (Lipinski definition) is 0. The van der Waals surface area contributed by atoms with Gasteiger partial charge in [0.05, 0.1) is 0 Å². The summed E-state index contributed by atoms with van der Waals surface area (Å²) in [6.45, 7) is 10.6. The van der Waals surface area contributed by atoms with Crippen molar-refractivity contribution in [1.29, 1.82) is 0 Å². The number of ketones is 1. The van der Waals surface area contributed by atoms with Crippen LogP contribution in [0.4, 0.5) is 0 Å². The van der Waals surface area contributed by atoms with E-state index in [1.807, 2.05) is 13.8 Å². The lowest BCUT2D eigenvalue weighted by Crippen LogP contribution is -2.31. The van der Waals surface area contributed by atoms with E-state index in [0.29, 0.717) is 6.42 Å². The molecule has 0 aromatic heterocycles. The summed E-state index contributed by atoms with van der Waals surface area (Å²) >= 11 is 0. The van der Waals surface area contributed by atoms with E-state index in [4.69, 9.17) is 4.74 Å². The number of carbonyl (C=O) groups is 2. The topological polar surface area (TPSA) is 43.4 Å². The quantitative estimate of drug-likeness (QED) is 0.396. The summed E-state index contributed by atoms with van der Waals surface area (Å²) in [6, 6.07) is 0. The molecule has 0 aromatic rings. The van der Waals surface area contributed by atoms with E-state index in [1.54, 1.807) is 13.0 Å². The third kappa shape index (κ3) is 5.49. The number of ether oxygens (including phenoxy) is 1. The molecule has 0 N–H and O–H groups in total.